The van der Waals surface area contributed by atoms with Gasteiger partial charge < -0.3 is 5.73 Å². The average molecular weight is 225 g/mol. The Morgan fingerprint density at radius 3 is 2.71 bits per heavy atom. The second-order valence-corrected chi connectivity index (χ2v) is 4.29. The van der Waals surface area contributed by atoms with Crippen molar-refractivity contribution in [3.05, 3.63) is 34.3 Å². The summed E-state index contributed by atoms with van der Waals surface area (Å²) < 4.78 is 0. The molecule has 0 unspecified atom stereocenters. The van der Waals surface area contributed by atoms with E-state index in [0.29, 0.717) is 5.82 Å². The number of halogens is 1. The van der Waals surface area contributed by atoms with Crippen LogP contribution in [0.4, 0.5) is 5.82 Å². The van der Waals surface area contributed by atoms with Crippen molar-refractivity contribution in [1.82, 2.24) is 4.98 Å². The van der Waals surface area contributed by atoms with E-state index in [9.17, 15) is 0 Å². The molecule has 2 heterocycles. The molecule has 2 aromatic rings. The molecule has 4 heteroatoms. The molecule has 2 N–H and O–H groups in total. The normalized spacial score (nSPS) is 10.4. The number of hydrogen-bond donors (Lipinski definition) is 1. The molecule has 2 rings (SSSR count). The zero-order valence-electron chi connectivity index (χ0n) is 7.62. The van der Waals surface area contributed by atoms with Gasteiger partial charge in [0.25, 0.3) is 0 Å². The first-order valence-electron chi connectivity index (χ1n) is 4.15. The number of pyridine rings is 1. The van der Waals surface area contributed by atoms with Gasteiger partial charge in [0, 0.05) is 11.3 Å². The van der Waals surface area contributed by atoms with Gasteiger partial charge in [-0.25, -0.2) is 4.98 Å². The van der Waals surface area contributed by atoms with Crippen LogP contribution in [0, 0.1) is 6.92 Å². The summed E-state index contributed by atoms with van der Waals surface area (Å²) in [6, 6.07) is 5.63. The van der Waals surface area contributed by atoms with Gasteiger partial charge in [-0.05, 0) is 30.5 Å². The van der Waals surface area contributed by atoms with Gasteiger partial charge in [-0.1, -0.05) is 11.6 Å². The highest BCUT2D eigenvalue weighted by Gasteiger charge is 2.08. The van der Waals surface area contributed by atoms with Gasteiger partial charge in [0.2, 0.25) is 0 Å². The molecule has 0 aliphatic rings. The lowest BCUT2D eigenvalue weighted by Gasteiger charge is -2.03. The molecule has 0 radical (unpaired) electrons. The van der Waals surface area contributed by atoms with Crippen molar-refractivity contribution in [1.29, 1.82) is 0 Å². The highest BCUT2D eigenvalue weighted by Crippen LogP contribution is 2.34. The van der Waals surface area contributed by atoms with Crippen molar-refractivity contribution in [2.45, 2.75) is 6.92 Å². The molecule has 0 saturated carbocycles. The van der Waals surface area contributed by atoms with Crippen molar-refractivity contribution < 1.29 is 0 Å². The molecule has 0 aliphatic heterocycles. The van der Waals surface area contributed by atoms with Gasteiger partial charge in [0.15, 0.2) is 0 Å². The minimum absolute atomic E-state index is 0.541. The van der Waals surface area contributed by atoms with Crippen LogP contribution < -0.4 is 5.73 Å². The monoisotopic (exact) mass is 224 g/mol. The Labute approximate surface area is 91.4 Å². The van der Waals surface area contributed by atoms with Crippen molar-refractivity contribution >= 4 is 28.8 Å². The maximum absolute atomic E-state index is 6.04. The predicted octanol–water partition coefficient (Wildman–Crippen LogP) is 3.35. The van der Waals surface area contributed by atoms with Crippen LogP contribution in [0.3, 0.4) is 0 Å². The summed E-state index contributed by atoms with van der Waals surface area (Å²) in [7, 11) is 0. The zero-order chi connectivity index (χ0) is 10.1. The van der Waals surface area contributed by atoms with E-state index in [2.05, 4.69) is 4.98 Å². The first-order chi connectivity index (χ1) is 6.68. The third kappa shape index (κ3) is 1.61. The van der Waals surface area contributed by atoms with Gasteiger partial charge in [-0.15, -0.1) is 11.3 Å². The van der Waals surface area contributed by atoms with E-state index >= 15 is 0 Å². The Hall–Kier alpha value is -1.06. The number of aromatic nitrogens is 1. The lowest BCUT2D eigenvalue weighted by Crippen LogP contribution is -1.93. The fourth-order valence-electron chi connectivity index (χ4n) is 1.31. The Balaban J connectivity index is 2.58. The topological polar surface area (TPSA) is 38.9 Å². The molecule has 0 atom stereocenters. The number of nitrogen functional groups attached to an aromatic ring is 1. The van der Waals surface area contributed by atoms with Crippen LogP contribution in [-0.4, -0.2) is 4.98 Å². The lowest BCUT2D eigenvalue weighted by atomic mass is 10.1. The van der Waals surface area contributed by atoms with Gasteiger partial charge in [-0.3, -0.25) is 0 Å². The van der Waals surface area contributed by atoms with Gasteiger partial charge >= 0.3 is 0 Å². The summed E-state index contributed by atoms with van der Waals surface area (Å²) in [4.78, 5) is 5.25. The first kappa shape index (κ1) is 9.49. The molecule has 0 fully saturated rings. The minimum Gasteiger partial charge on any atom is -0.384 e. The molecule has 2 nitrogen and oxygen atoms in total. The molecular weight excluding hydrogens is 216 g/mol. The van der Waals surface area contributed by atoms with Crippen LogP contribution in [-0.2, 0) is 0 Å². The fraction of sp³-hybridized carbons (Fsp3) is 0.100. The number of aryl methyl sites for hydroxylation is 1. The summed E-state index contributed by atoms with van der Waals surface area (Å²) in [6.45, 7) is 1.93. The van der Waals surface area contributed by atoms with Crippen LogP contribution in [0.15, 0.2) is 23.6 Å². The van der Waals surface area contributed by atoms with Crippen LogP contribution >= 0.6 is 22.9 Å². The molecule has 14 heavy (non-hydrogen) atoms. The summed E-state index contributed by atoms with van der Waals surface area (Å²) in [5.74, 6) is 0.541. The van der Waals surface area contributed by atoms with Crippen molar-refractivity contribution in [3.63, 3.8) is 0 Å². The molecule has 0 aliphatic carbocycles. The zero-order valence-corrected chi connectivity index (χ0v) is 9.19. The Bertz CT molecular complexity index is 465. The summed E-state index contributed by atoms with van der Waals surface area (Å²) in [6.07, 6.45) is 0. The first-order valence-corrected chi connectivity index (χ1v) is 5.41. The second kappa shape index (κ2) is 3.59. The predicted molar refractivity (Wildman–Crippen MR) is 61.7 cm³/mol. The number of anilines is 1. The minimum atomic E-state index is 0.541. The highest BCUT2D eigenvalue weighted by atomic mass is 35.5. The van der Waals surface area contributed by atoms with E-state index in [0.717, 1.165) is 21.2 Å². The van der Waals surface area contributed by atoms with Crippen LogP contribution in [0.1, 0.15) is 5.69 Å². The van der Waals surface area contributed by atoms with E-state index < -0.39 is 0 Å². The molecule has 0 amide bonds. The fourth-order valence-corrected chi connectivity index (χ4v) is 2.54. The van der Waals surface area contributed by atoms with E-state index in [-0.39, 0.29) is 0 Å². The number of hydrogen-bond acceptors (Lipinski definition) is 3. The Morgan fingerprint density at radius 2 is 2.14 bits per heavy atom. The number of thiophene rings is 1. The second-order valence-electron chi connectivity index (χ2n) is 2.97. The number of rotatable bonds is 1. The third-order valence-electron chi connectivity index (χ3n) is 1.97. The molecule has 0 aromatic carbocycles. The van der Waals surface area contributed by atoms with E-state index in [1.807, 2.05) is 24.4 Å². The molecule has 0 spiro atoms. The van der Waals surface area contributed by atoms with E-state index in [4.69, 9.17) is 17.3 Å². The summed E-state index contributed by atoms with van der Waals surface area (Å²) in [5.41, 5.74) is 7.54. The van der Waals surface area contributed by atoms with Crippen LogP contribution in [0.25, 0.3) is 10.4 Å². The number of nitrogens with zero attached hydrogens (tertiary/aromatic N) is 1. The van der Waals surface area contributed by atoms with E-state index in [1.165, 1.54) is 0 Å². The van der Waals surface area contributed by atoms with Crippen molar-refractivity contribution in [2.24, 2.45) is 0 Å². The maximum atomic E-state index is 6.04. The van der Waals surface area contributed by atoms with Gasteiger partial charge in [0.05, 0.1) is 9.90 Å². The summed E-state index contributed by atoms with van der Waals surface area (Å²) >= 11 is 7.65. The Kier molecular flexibility index (Phi) is 2.44. The van der Waals surface area contributed by atoms with Crippen molar-refractivity contribution in [3.8, 4) is 10.4 Å². The largest absolute Gasteiger partial charge is 0.384 e. The third-order valence-corrected chi connectivity index (χ3v) is 3.34. The SMILES string of the molecule is Cc1nc(N)ccc1-c1sccc1Cl. The molecule has 0 saturated heterocycles. The maximum Gasteiger partial charge on any atom is 0.123 e. The van der Waals surface area contributed by atoms with Crippen LogP contribution in [0.5, 0.6) is 0 Å². The van der Waals surface area contributed by atoms with Crippen LogP contribution in [0.2, 0.25) is 5.02 Å². The highest BCUT2D eigenvalue weighted by molar-refractivity contribution is 7.14. The smallest absolute Gasteiger partial charge is 0.123 e. The van der Waals surface area contributed by atoms with Crippen molar-refractivity contribution in [2.75, 3.05) is 5.73 Å². The molecular formula is C10H9ClN2S. The molecule has 0 bridgehead atoms. The van der Waals surface area contributed by atoms with Gasteiger partial charge in [0.1, 0.15) is 5.82 Å². The molecule has 2 aromatic heterocycles. The van der Waals surface area contributed by atoms with E-state index in [1.54, 1.807) is 17.4 Å². The Morgan fingerprint density at radius 1 is 1.36 bits per heavy atom. The quantitative estimate of drug-likeness (QED) is 0.807. The standard InChI is InChI=1S/C10H9ClN2S/c1-6-7(2-3-9(12)13-6)10-8(11)4-5-14-10/h2-5H,1H3,(H2,12,13). The summed E-state index contributed by atoms with van der Waals surface area (Å²) in [5, 5.41) is 2.73. The average Bonchev–Trinajstić information content (AvgIpc) is 2.52. The molecule has 72 valence electrons. The number of nitrogens with two attached hydrogens (primary N) is 1. The van der Waals surface area contributed by atoms with Gasteiger partial charge in [-0.2, -0.15) is 0 Å². The lowest BCUT2D eigenvalue weighted by molar-refractivity contribution is 1.22.